The van der Waals surface area contributed by atoms with E-state index in [1.807, 2.05) is 30.3 Å². The number of Topliss-reactive ketones (excluding diaryl/α,β-unsaturated/α-hetero) is 1. The number of hydrogen-bond donors (Lipinski definition) is 0. The highest BCUT2D eigenvalue weighted by Crippen LogP contribution is 2.45. The maximum Gasteiger partial charge on any atom is 0.269 e. The molecule has 7 heteroatoms. The minimum absolute atomic E-state index is 0.0101. The van der Waals surface area contributed by atoms with Crippen LogP contribution in [0.5, 0.6) is 0 Å². The number of nitrogens with zero attached hydrogens (tertiary/aromatic N) is 3. The topological polar surface area (TPSA) is 83.8 Å². The second-order valence-corrected chi connectivity index (χ2v) is 7.96. The van der Waals surface area contributed by atoms with Crippen molar-refractivity contribution in [1.82, 2.24) is 10.0 Å². The minimum atomic E-state index is -0.454. The predicted octanol–water partition coefficient (Wildman–Crippen LogP) is 3.79. The number of amides is 1. The van der Waals surface area contributed by atoms with Crippen LogP contribution < -0.4 is 0 Å². The number of allylic oxidation sites excluding steroid dienone is 2. The largest absolute Gasteiger partial charge is 0.294 e. The zero-order chi connectivity index (χ0) is 21.4. The monoisotopic (exact) mass is 405 g/mol. The van der Waals surface area contributed by atoms with Gasteiger partial charge in [0.25, 0.3) is 5.69 Å². The molecule has 2 atom stereocenters. The third-order valence-corrected chi connectivity index (χ3v) is 5.88. The first-order valence-corrected chi connectivity index (χ1v) is 9.92. The van der Waals surface area contributed by atoms with Gasteiger partial charge < -0.3 is 0 Å². The van der Waals surface area contributed by atoms with Gasteiger partial charge in [-0.05, 0) is 23.5 Å². The smallest absolute Gasteiger partial charge is 0.269 e. The van der Waals surface area contributed by atoms with Crippen LogP contribution in [0, 0.1) is 10.1 Å². The Kier molecular flexibility index (Phi) is 5.22. The van der Waals surface area contributed by atoms with E-state index in [2.05, 4.69) is 0 Å². The number of carbonyl (C=O) groups is 2. The van der Waals surface area contributed by atoms with Crippen LogP contribution in [-0.2, 0) is 9.59 Å². The van der Waals surface area contributed by atoms with Gasteiger partial charge in [-0.2, -0.15) is 0 Å². The summed E-state index contributed by atoms with van der Waals surface area (Å²) in [7, 11) is 3.59. The Bertz CT molecular complexity index is 1030. The van der Waals surface area contributed by atoms with Gasteiger partial charge in [0.1, 0.15) is 0 Å². The second-order valence-electron chi connectivity index (χ2n) is 7.96. The maximum absolute atomic E-state index is 13.3. The van der Waals surface area contributed by atoms with Crippen molar-refractivity contribution in [2.75, 3.05) is 14.1 Å². The lowest BCUT2D eigenvalue weighted by Gasteiger charge is -2.42. The summed E-state index contributed by atoms with van der Waals surface area (Å²) < 4.78 is 0. The first kappa shape index (κ1) is 20.0. The third-order valence-electron chi connectivity index (χ3n) is 5.88. The molecule has 1 aliphatic carbocycles. The minimum Gasteiger partial charge on any atom is -0.294 e. The van der Waals surface area contributed by atoms with Crippen LogP contribution in [0.4, 0.5) is 5.69 Å². The first-order chi connectivity index (χ1) is 14.4. The Hall–Kier alpha value is -3.32. The van der Waals surface area contributed by atoms with Crippen molar-refractivity contribution < 1.29 is 14.5 Å². The van der Waals surface area contributed by atoms with Crippen molar-refractivity contribution in [2.45, 2.75) is 31.1 Å². The molecule has 154 valence electrons. The molecule has 4 rings (SSSR count). The Labute approximate surface area is 174 Å². The number of carbonyl (C=O) groups excluding carboxylic acids is 2. The van der Waals surface area contributed by atoms with E-state index < -0.39 is 4.92 Å². The molecule has 2 aliphatic rings. The molecule has 7 nitrogen and oxygen atoms in total. The number of rotatable bonds is 4. The van der Waals surface area contributed by atoms with Crippen LogP contribution in [-0.4, -0.2) is 40.7 Å². The van der Waals surface area contributed by atoms with E-state index in [4.69, 9.17) is 0 Å². The molecule has 1 aliphatic heterocycles. The summed E-state index contributed by atoms with van der Waals surface area (Å²) in [6, 6.07) is 16.1. The molecule has 2 aromatic rings. The van der Waals surface area contributed by atoms with Gasteiger partial charge in [0, 0.05) is 56.3 Å². The fourth-order valence-corrected chi connectivity index (χ4v) is 4.56. The lowest BCUT2D eigenvalue weighted by molar-refractivity contribution is -0.384. The van der Waals surface area contributed by atoms with Gasteiger partial charge in [-0.25, -0.2) is 10.0 Å². The summed E-state index contributed by atoms with van der Waals surface area (Å²) in [5.74, 6) is -0.409. The zero-order valence-electron chi connectivity index (χ0n) is 16.9. The second kappa shape index (κ2) is 7.84. The average Bonchev–Trinajstić information content (AvgIpc) is 2.73. The van der Waals surface area contributed by atoms with Gasteiger partial charge >= 0.3 is 0 Å². The van der Waals surface area contributed by atoms with Crippen LogP contribution in [0.15, 0.2) is 65.9 Å². The number of benzene rings is 2. The highest BCUT2D eigenvalue weighted by Gasteiger charge is 2.42. The lowest BCUT2D eigenvalue weighted by atomic mass is 9.73. The Morgan fingerprint density at radius 3 is 2.20 bits per heavy atom. The summed E-state index contributed by atoms with van der Waals surface area (Å²) in [6.07, 6.45) is 1.15. The number of hydrazine groups is 1. The summed E-state index contributed by atoms with van der Waals surface area (Å²) in [4.78, 5) is 36.9. The molecular formula is C23H23N3O4. The molecule has 0 unspecified atom stereocenters. The van der Waals surface area contributed by atoms with Crippen LogP contribution in [0.25, 0.3) is 0 Å². The van der Waals surface area contributed by atoms with Crippen molar-refractivity contribution in [2.24, 2.45) is 0 Å². The summed E-state index contributed by atoms with van der Waals surface area (Å²) in [6.45, 7) is 0. The fourth-order valence-electron chi connectivity index (χ4n) is 4.56. The summed E-state index contributed by atoms with van der Waals surface area (Å²) in [5.41, 5.74) is 3.23. The highest BCUT2D eigenvalue weighted by molar-refractivity contribution is 6.02. The number of nitro benzene ring substituents is 1. The molecule has 1 heterocycles. The maximum atomic E-state index is 13.3. The molecule has 0 fully saturated rings. The number of ketones is 1. The SMILES string of the molecule is CN(C)N1C(=O)C[C@@H](c2ccc([N+](=O)[O-])cc2)C2=C1C[C@@H](c1ccccc1)CC2=O. The van der Waals surface area contributed by atoms with Gasteiger partial charge in [0.2, 0.25) is 5.91 Å². The van der Waals surface area contributed by atoms with Crippen LogP contribution in [0.1, 0.15) is 42.2 Å². The van der Waals surface area contributed by atoms with Gasteiger partial charge in [-0.3, -0.25) is 19.7 Å². The fraction of sp³-hybridized carbons (Fsp3) is 0.304. The molecule has 0 N–H and O–H groups in total. The van der Waals surface area contributed by atoms with E-state index in [0.717, 1.165) is 16.8 Å². The van der Waals surface area contributed by atoms with Gasteiger partial charge in [-0.1, -0.05) is 42.5 Å². The molecule has 0 saturated heterocycles. The molecule has 0 aromatic heterocycles. The van der Waals surface area contributed by atoms with E-state index in [-0.39, 0.29) is 35.6 Å². The molecular weight excluding hydrogens is 382 g/mol. The van der Waals surface area contributed by atoms with Crippen molar-refractivity contribution in [3.05, 3.63) is 87.1 Å². The number of non-ortho nitro benzene ring substituents is 1. The molecule has 0 bridgehead atoms. The first-order valence-electron chi connectivity index (χ1n) is 9.92. The summed E-state index contributed by atoms with van der Waals surface area (Å²) in [5, 5.41) is 14.3. The van der Waals surface area contributed by atoms with E-state index >= 15 is 0 Å². The van der Waals surface area contributed by atoms with Crippen molar-refractivity contribution in [1.29, 1.82) is 0 Å². The third kappa shape index (κ3) is 3.52. The van der Waals surface area contributed by atoms with Crippen LogP contribution in [0.2, 0.25) is 0 Å². The normalized spacial score (nSPS) is 21.8. The number of nitro groups is 1. The molecule has 0 spiro atoms. The number of hydrogen-bond acceptors (Lipinski definition) is 5. The van der Waals surface area contributed by atoms with Gasteiger partial charge in [0.05, 0.1) is 4.92 Å². The standard InChI is InChI=1S/C23H23N3O4/c1-24(2)25-20-12-17(15-6-4-3-5-7-15)13-21(27)23(20)19(14-22(25)28)16-8-10-18(11-9-16)26(29)30/h3-11,17,19H,12-14H2,1-2H3/t17-,19+/m1/s1. The Balaban J connectivity index is 1.78. The quantitative estimate of drug-likeness (QED) is 0.571. The summed E-state index contributed by atoms with van der Waals surface area (Å²) >= 11 is 0. The Morgan fingerprint density at radius 1 is 0.933 bits per heavy atom. The molecule has 2 aromatic carbocycles. The van der Waals surface area contributed by atoms with Crippen molar-refractivity contribution in [3.63, 3.8) is 0 Å². The van der Waals surface area contributed by atoms with E-state index in [0.29, 0.717) is 18.4 Å². The predicted molar refractivity (Wildman–Crippen MR) is 111 cm³/mol. The van der Waals surface area contributed by atoms with Crippen molar-refractivity contribution in [3.8, 4) is 0 Å². The molecule has 0 saturated carbocycles. The van der Waals surface area contributed by atoms with Crippen LogP contribution >= 0.6 is 0 Å². The van der Waals surface area contributed by atoms with E-state index in [1.54, 1.807) is 36.2 Å². The molecule has 1 amide bonds. The average molecular weight is 405 g/mol. The lowest BCUT2D eigenvalue weighted by Crippen LogP contribution is -2.47. The Morgan fingerprint density at radius 2 is 1.60 bits per heavy atom. The van der Waals surface area contributed by atoms with E-state index in [1.165, 1.54) is 12.1 Å². The van der Waals surface area contributed by atoms with Gasteiger partial charge in [-0.15, -0.1) is 0 Å². The van der Waals surface area contributed by atoms with E-state index in [9.17, 15) is 19.7 Å². The molecule has 0 radical (unpaired) electrons. The van der Waals surface area contributed by atoms with Gasteiger partial charge in [0.15, 0.2) is 5.78 Å². The highest BCUT2D eigenvalue weighted by atomic mass is 16.6. The molecule has 30 heavy (non-hydrogen) atoms. The zero-order valence-corrected chi connectivity index (χ0v) is 16.9. The van der Waals surface area contributed by atoms with Crippen LogP contribution in [0.3, 0.4) is 0 Å². The van der Waals surface area contributed by atoms with Crippen molar-refractivity contribution >= 4 is 17.4 Å².